The van der Waals surface area contributed by atoms with E-state index in [0.29, 0.717) is 17.4 Å². The van der Waals surface area contributed by atoms with Crippen LogP contribution in [0.4, 0.5) is 10.5 Å². The van der Waals surface area contributed by atoms with Gasteiger partial charge in [-0.2, -0.15) is 0 Å². The van der Waals surface area contributed by atoms with Crippen molar-refractivity contribution < 1.29 is 24.2 Å². The van der Waals surface area contributed by atoms with Crippen molar-refractivity contribution in [2.24, 2.45) is 5.73 Å². The van der Waals surface area contributed by atoms with Crippen LogP contribution in [0.1, 0.15) is 30.7 Å². The molecular formula is C16H17N3O5. The third kappa shape index (κ3) is 2.10. The number of amides is 3. The summed E-state index contributed by atoms with van der Waals surface area (Å²) in [5.41, 5.74) is 5.49. The molecule has 3 aliphatic rings. The van der Waals surface area contributed by atoms with Crippen LogP contribution in [0.2, 0.25) is 0 Å². The highest BCUT2D eigenvalue weighted by Gasteiger charge is 2.57. The Labute approximate surface area is 137 Å². The zero-order chi connectivity index (χ0) is 17.1. The summed E-state index contributed by atoms with van der Waals surface area (Å²) < 4.78 is 6.06. The number of nitrogens with zero attached hydrogens (tertiary/aromatic N) is 1. The topological polar surface area (TPSA) is 122 Å². The summed E-state index contributed by atoms with van der Waals surface area (Å²) in [7, 11) is 0. The highest BCUT2D eigenvalue weighted by molar-refractivity contribution is 6.03. The van der Waals surface area contributed by atoms with Crippen molar-refractivity contribution >= 4 is 23.6 Å². The number of likely N-dealkylation sites (tertiary alicyclic amines) is 1. The van der Waals surface area contributed by atoms with E-state index < -0.39 is 29.6 Å². The van der Waals surface area contributed by atoms with Gasteiger partial charge in [0.2, 0.25) is 11.5 Å². The Morgan fingerprint density at radius 3 is 2.71 bits per heavy atom. The monoisotopic (exact) mass is 331 g/mol. The first-order valence-corrected chi connectivity index (χ1v) is 7.83. The Morgan fingerprint density at radius 2 is 2.12 bits per heavy atom. The number of primary amides is 1. The lowest BCUT2D eigenvalue weighted by molar-refractivity contribution is -0.131. The molecule has 1 aromatic carbocycles. The summed E-state index contributed by atoms with van der Waals surface area (Å²) in [6, 6.07) is 4.49. The Hall–Kier alpha value is -2.77. The molecule has 2 aliphatic heterocycles. The highest BCUT2D eigenvalue weighted by Crippen LogP contribution is 2.50. The average Bonchev–Trinajstić information content (AvgIpc) is 3.29. The van der Waals surface area contributed by atoms with Crippen LogP contribution in [0, 0.1) is 0 Å². The maximum atomic E-state index is 12.6. The molecule has 8 nitrogen and oxygen atoms in total. The molecule has 0 bridgehead atoms. The van der Waals surface area contributed by atoms with Crippen LogP contribution in [-0.4, -0.2) is 46.1 Å². The van der Waals surface area contributed by atoms with Crippen molar-refractivity contribution in [3.63, 3.8) is 0 Å². The summed E-state index contributed by atoms with van der Waals surface area (Å²) in [6.07, 6.45) is 0.741. The van der Waals surface area contributed by atoms with Crippen LogP contribution >= 0.6 is 0 Å². The molecule has 0 radical (unpaired) electrons. The number of hydrogen-bond donors (Lipinski definition) is 3. The van der Waals surface area contributed by atoms with Gasteiger partial charge in [0, 0.05) is 6.42 Å². The maximum absolute atomic E-state index is 12.6. The summed E-state index contributed by atoms with van der Waals surface area (Å²) >= 11 is 0. The largest absolute Gasteiger partial charge is 0.473 e. The smallest absolute Gasteiger partial charge is 0.408 e. The normalized spacial score (nSPS) is 28.2. The fourth-order valence-electron chi connectivity index (χ4n) is 3.53. The summed E-state index contributed by atoms with van der Waals surface area (Å²) in [4.78, 5) is 36.5. The quantitative estimate of drug-likeness (QED) is 0.742. The molecule has 1 aromatic rings. The Kier molecular flexibility index (Phi) is 3.00. The number of nitrogens with one attached hydrogen (secondary N) is 1. The molecule has 8 heteroatoms. The van der Waals surface area contributed by atoms with Crippen LogP contribution in [0.5, 0.6) is 5.75 Å². The third-order valence-corrected chi connectivity index (χ3v) is 4.92. The van der Waals surface area contributed by atoms with Crippen LogP contribution in [0.15, 0.2) is 18.2 Å². The van der Waals surface area contributed by atoms with Gasteiger partial charge in [0.25, 0.3) is 5.91 Å². The number of benzene rings is 1. The van der Waals surface area contributed by atoms with Crippen LogP contribution in [-0.2, 0) is 9.59 Å². The molecule has 2 heterocycles. The van der Waals surface area contributed by atoms with Gasteiger partial charge in [-0.3, -0.25) is 14.5 Å². The van der Waals surface area contributed by atoms with Gasteiger partial charge < -0.3 is 20.9 Å². The van der Waals surface area contributed by atoms with Crippen molar-refractivity contribution in [2.75, 3.05) is 11.9 Å². The molecule has 4 N–H and O–H groups in total. The molecule has 1 aliphatic carbocycles. The minimum Gasteiger partial charge on any atom is -0.473 e. The molecule has 2 atom stereocenters. The molecular weight excluding hydrogens is 314 g/mol. The molecule has 4 rings (SSSR count). The molecule has 1 saturated heterocycles. The van der Waals surface area contributed by atoms with Gasteiger partial charge in [-0.1, -0.05) is 12.1 Å². The van der Waals surface area contributed by atoms with Crippen molar-refractivity contribution in [3.8, 4) is 5.75 Å². The van der Waals surface area contributed by atoms with E-state index in [0.717, 1.165) is 23.3 Å². The van der Waals surface area contributed by atoms with Crippen molar-refractivity contribution in [1.29, 1.82) is 0 Å². The third-order valence-electron chi connectivity index (χ3n) is 4.92. The van der Waals surface area contributed by atoms with Gasteiger partial charge in [0.05, 0.1) is 12.2 Å². The predicted octanol–water partition coefficient (Wildman–Crippen LogP) is 0.871. The summed E-state index contributed by atoms with van der Waals surface area (Å²) in [5.74, 6) is -0.254. The number of carbonyl (C=O) groups is 3. The SMILES string of the molecule is NC(=O)[C@@H]1C[C@]2(CN1C(=O)O)Oc1c(cccc1C1CC1)NC2=O. The van der Waals surface area contributed by atoms with Gasteiger partial charge in [0.15, 0.2) is 0 Å². The summed E-state index contributed by atoms with van der Waals surface area (Å²) in [5, 5.41) is 12.1. The standard InChI is InChI=1S/C16H17N3O5/c17-13(20)11-6-16(7-19(11)15(22)23)14(21)18-10-3-1-2-9(8-4-5-8)12(10)24-16/h1-3,8,11H,4-7H2,(H2,17,20)(H,18,21)(H,22,23)/t11-,16+/m0/s1. The zero-order valence-corrected chi connectivity index (χ0v) is 12.8. The Bertz CT molecular complexity index is 736. The lowest BCUT2D eigenvalue weighted by atomic mass is 9.95. The first-order chi connectivity index (χ1) is 11.4. The van der Waals surface area contributed by atoms with E-state index in [2.05, 4.69) is 5.32 Å². The number of rotatable bonds is 2. The van der Waals surface area contributed by atoms with Gasteiger partial charge >= 0.3 is 6.09 Å². The number of para-hydroxylation sites is 1. The lowest BCUT2D eigenvalue weighted by Crippen LogP contribution is -2.53. The number of anilines is 1. The molecule has 126 valence electrons. The van der Waals surface area contributed by atoms with Crippen molar-refractivity contribution in [3.05, 3.63) is 23.8 Å². The lowest BCUT2D eigenvalue weighted by Gasteiger charge is -2.35. The minimum atomic E-state index is -1.42. The number of ether oxygens (including phenoxy) is 1. The molecule has 0 aromatic heterocycles. The molecule has 0 unspecified atom stereocenters. The molecule has 1 saturated carbocycles. The van der Waals surface area contributed by atoms with E-state index >= 15 is 0 Å². The van der Waals surface area contributed by atoms with Crippen LogP contribution in [0.3, 0.4) is 0 Å². The van der Waals surface area contributed by atoms with Crippen molar-refractivity contribution in [2.45, 2.75) is 36.8 Å². The zero-order valence-electron chi connectivity index (χ0n) is 12.8. The van der Waals surface area contributed by atoms with Crippen LogP contribution in [0.25, 0.3) is 0 Å². The first kappa shape index (κ1) is 14.8. The predicted molar refractivity (Wildman–Crippen MR) is 82.7 cm³/mol. The van der Waals surface area contributed by atoms with Crippen molar-refractivity contribution in [1.82, 2.24) is 4.90 Å². The van der Waals surface area contributed by atoms with E-state index in [1.165, 1.54) is 0 Å². The number of hydrogen-bond acceptors (Lipinski definition) is 4. The second kappa shape index (κ2) is 4.86. The molecule has 2 fully saturated rings. The molecule has 3 amide bonds. The first-order valence-electron chi connectivity index (χ1n) is 7.83. The number of fused-ring (bicyclic) bond motifs is 1. The average molecular weight is 331 g/mol. The fraction of sp³-hybridized carbons (Fsp3) is 0.438. The summed E-state index contributed by atoms with van der Waals surface area (Å²) in [6.45, 7) is -0.222. The minimum absolute atomic E-state index is 0.0844. The highest BCUT2D eigenvalue weighted by atomic mass is 16.5. The Balaban J connectivity index is 1.73. The fourth-order valence-corrected chi connectivity index (χ4v) is 3.53. The number of nitrogens with two attached hydrogens (primary N) is 1. The van der Waals surface area contributed by atoms with E-state index in [1.54, 1.807) is 6.07 Å². The van der Waals surface area contributed by atoms with Gasteiger partial charge in [0.1, 0.15) is 11.8 Å². The van der Waals surface area contributed by atoms with E-state index in [9.17, 15) is 19.5 Å². The van der Waals surface area contributed by atoms with E-state index in [1.807, 2.05) is 12.1 Å². The number of carbonyl (C=O) groups excluding carboxylic acids is 2. The van der Waals surface area contributed by atoms with E-state index in [-0.39, 0.29) is 13.0 Å². The second-order valence-corrected chi connectivity index (χ2v) is 6.58. The molecule has 24 heavy (non-hydrogen) atoms. The van der Waals surface area contributed by atoms with Gasteiger partial charge in [-0.05, 0) is 30.4 Å². The number of carboxylic acid groups (broad SMARTS) is 1. The molecule has 1 spiro atoms. The maximum Gasteiger partial charge on any atom is 0.408 e. The Morgan fingerprint density at radius 1 is 1.38 bits per heavy atom. The van der Waals surface area contributed by atoms with Gasteiger partial charge in [-0.15, -0.1) is 0 Å². The van der Waals surface area contributed by atoms with Crippen LogP contribution < -0.4 is 15.8 Å². The second-order valence-electron chi connectivity index (χ2n) is 6.58. The van der Waals surface area contributed by atoms with E-state index in [4.69, 9.17) is 10.5 Å². The van der Waals surface area contributed by atoms with Gasteiger partial charge in [-0.25, -0.2) is 4.79 Å².